The van der Waals surface area contributed by atoms with Gasteiger partial charge in [0.1, 0.15) is 5.75 Å². The fraction of sp³-hybridized carbons (Fsp3) is 0.562. The van der Waals surface area contributed by atoms with Crippen molar-refractivity contribution >= 4 is 5.91 Å². The van der Waals surface area contributed by atoms with Gasteiger partial charge in [0.2, 0.25) is 5.91 Å². The lowest BCUT2D eigenvalue weighted by Gasteiger charge is -2.11. The molecular formula is C16H26N2O2. The number of amides is 1. The maximum atomic E-state index is 10.9. The van der Waals surface area contributed by atoms with Crippen LogP contribution in [0.3, 0.4) is 0 Å². The van der Waals surface area contributed by atoms with Crippen molar-refractivity contribution in [3.63, 3.8) is 0 Å². The molecule has 0 bridgehead atoms. The molecule has 0 aliphatic rings. The molecule has 3 N–H and O–H groups in total. The van der Waals surface area contributed by atoms with Crippen molar-refractivity contribution in [1.29, 1.82) is 0 Å². The predicted octanol–water partition coefficient (Wildman–Crippen LogP) is 2.61. The zero-order valence-corrected chi connectivity index (χ0v) is 12.5. The van der Waals surface area contributed by atoms with Crippen molar-refractivity contribution in [3.8, 4) is 5.75 Å². The second-order valence-electron chi connectivity index (χ2n) is 5.06. The van der Waals surface area contributed by atoms with Gasteiger partial charge in [-0.1, -0.05) is 38.3 Å². The molecule has 1 rings (SSSR count). The quantitative estimate of drug-likeness (QED) is 0.647. The Balaban J connectivity index is 2.27. The van der Waals surface area contributed by atoms with Crippen molar-refractivity contribution in [2.24, 2.45) is 5.73 Å². The van der Waals surface area contributed by atoms with E-state index < -0.39 is 0 Å². The van der Waals surface area contributed by atoms with E-state index in [1.165, 1.54) is 19.3 Å². The summed E-state index contributed by atoms with van der Waals surface area (Å²) in [5, 5.41) is 3.07. The van der Waals surface area contributed by atoms with E-state index in [1.54, 1.807) is 6.92 Å². The van der Waals surface area contributed by atoms with Crippen molar-refractivity contribution in [1.82, 2.24) is 5.32 Å². The van der Waals surface area contributed by atoms with Crippen molar-refractivity contribution in [3.05, 3.63) is 29.8 Å². The molecule has 0 fully saturated rings. The van der Waals surface area contributed by atoms with E-state index in [-0.39, 0.29) is 11.9 Å². The molecule has 1 aromatic carbocycles. The van der Waals surface area contributed by atoms with Crippen molar-refractivity contribution in [2.45, 2.75) is 52.1 Å². The van der Waals surface area contributed by atoms with E-state index in [2.05, 4.69) is 12.2 Å². The highest BCUT2D eigenvalue weighted by Gasteiger charge is 2.06. The number of benzene rings is 1. The molecule has 20 heavy (non-hydrogen) atoms. The Morgan fingerprint density at radius 2 is 1.95 bits per heavy atom. The number of hydrogen-bond donors (Lipinski definition) is 2. The summed E-state index contributed by atoms with van der Waals surface area (Å²) in [6.45, 7) is 5.36. The van der Waals surface area contributed by atoms with Crippen LogP contribution in [0.5, 0.6) is 5.75 Å². The van der Waals surface area contributed by atoms with Crippen LogP contribution in [-0.2, 0) is 11.3 Å². The summed E-state index contributed by atoms with van der Waals surface area (Å²) < 4.78 is 5.68. The van der Waals surface area contributed by atoms with E-state index in [1.807, 2.05) is 24.3 Å². The smallest absolute Gasteiger partial charge is 0.234 e. The van der Waals surface area contributed by atoms with E-state index >= 15 is 0 Å². The van der Waals surface area contributed by atoms with Crippen LogP contribution in [0.2, 0.25) is 0 Å². The van der Waals surface area contributed by atoms with E-state index in [9.17, 15) is 4.79 Å². The molecule has 1 aromatic rings. The molecule has 112 valence electrons. The fourth-order valence-electron chi connectivity index (χ4n) is 1.79. The van der Waals surface area contributed by atoms with Gasteiger partial charge in [-0.25, -0.2) is 0 Å². The van der Waals surface area contributed by atoms with Gasteiger partial charge in [0, 0.05) is 6.54 Å². The third kappa shape index (κ3) is 6.57. The largest absolute Gasteiger partial charge is 0.494 e. The molecule has 0 saturated heterocycles. The van der Waals surface area contributed by atoms with Gasteiger partial charge < -0.3 is 15.8 Å². The van der Waals surface area contributed by atoms with Crippen LogP contribution in [0.1, 0.15) is 45.1 Å². The minimum Gasteiger partial charge on any atom is -0.494 e. The van der Waals surface area contributed by atoms with E-state index in [4.69, 9.17) is 10.5 Å². The van der Waals surface area contributed by atoms with Gasteiger partial charge in [0.25, 0.3) is 0 Å². The first-order chi connectivity index (χ1) is 9.63. The lowest BCUT2D eigenvalue weighted by Crippen LogP contribution is -2.38. The third-order valence-corrected chi connectivity index (χ3v) is 3.23. The van der Waals surface area contributed by atoms with Crippen LogP contribution in [0.4, 0.5) is 0 Å². The number of hydrogen-bond acceptors (Lipinski definition) is 3. The second kappa shape index (κ2) is 9.37. The average Bonchev–Trinajstić information content (AvgIpc) is 2.45. The summed E-state index contributed by atoms with van der Waals surface area (Å²) in [7, 11) is 0. The monoisotopic (exact) mass is 278 g/mol. The molecule has 0 heterocycles. The Morgan fingerprint density at radius 1 is 1.25 bits per heavy atom. The van der Waals surface area contributed by atoms with E-state index in [0.717, 1.165) is 24.3 Å². The number of ether oxygens (including phenoxy) is 1. The molecule has 0 aromatic heterocycles. The number of carbonyl (C=O) groups is 1. The molecule has 4 heteroatoms. The number of primary amides is 1. The molecule has 1 amide bonds. The maximum absolute atomic E-state index is 10.9. The first-order valence-electron chi connectivity index (χ1n) is 7.38. The number of carbonyl (C=O) groups excluding carboxylic acids is 1. The highest BCUT2D eigenvalue weighted by atomic mass is 16.5. The molecule has 0 saturated carbocycles. The van der Waals surface area contributed by atoms with Crippen LogP contribution < -0.4 is 15.8 Å². The van der Waals surface area contributed by atoms with Gasteiger partial charge in [-0.05, 0) is 31.0 Å². The normalized spacial score (nSPS) is 12.1. The standard InChI is InChI=1S/C16H26N2O2/c1-3-4-5-6-11-20-15-9-7-14(8-10-15)12-18-13(2)16(17)19/h7-10,13,18H,3-6,11-12H2,1-2H3,(H2,17,19)/t13-/m1/s1. The van der Waals surface area contributed by atoms with Gasteiger partial charge in [0.05, 0.1) is 12.6 Å². The number of nitrogens with two attached hydrogens (primary N) is 1. The molecule has 0 radical (unpaired) electrons. The SMILES string of the molecule is CCCCCCOc1ccc(CN[C@H](C)C(N)=O)cc1. The van der Waals surface area contributed by atoms with Gasteiger partial charge in [-0.15, -0.1) is 0 Å². The molecule has 4 nitrogen and oxygen atoms in total. The molecule has 1 atom stereocenters. The summed E-state index contributed by atoms with van der Waals surface area (Å²) in [5.74, 6) is 0.560. The van der Waals surface area contributed by atoms with E-state index in [0.29, 0.717) is 6.54 Å². The fourth-order valence-corrected chi connectivity index (χ4v) is 1.79. The van der Waals surface area contributed by atoms with Crippen LogP contribution >= 0.6 is 0 Å². The Hall–Kier alpha value is -1.55. The predicted molar refractivity (Wildman–Crippen MR) is 81.6 cm³/mol. The zero-order chi connectivity index (χ0) is 14.8. The summed E-state index contributed by atoms with van der Waals surface area (Å²) >= 11 is 0. The van der Waals surface area contributed by atoms with Gasteiger partial charge in [-0.2, -0.15) is 0 Å². The maximum Gasteiger partial charge on any atom is 0.234 e. The Labute approximate surface area is 121 Å². The Bertz CT molecular complexity index is 390. The highest BCUT2D eigenvalue weighted by molar-refractivity contribution is 5.79. The van der Waals surface area contributed by atoms with Crippen LogP contribution in [0, 0.1) is 0 Å². The van der Waals surface area contributed by atoms with Crippen LogP contribution in [-0.4, -0.2) is 18.6 Å². The highest BCUT2D eigenvalue weighted by Crippen LogP contribution is 2.13. The van der Waals surface area contributed by atoms with Gasteiger partial charge in [-0.3, -0.25) is 4.79 Å². The molecule has 0 aliphatic heterocycles. The van der Waals surface area contributed by atoms with Crippen LogP contribution in [0.25, 0.3) is 0 Å². The van der Waals surface area contributed by atoms with Crippen LogP contribution in [0.15, 0.2) is 24.3 Å². The summed E-state index contributed by atoms with van der Waals surface area (Å²) in [6, 6.07) is 7.62. The van der Waals surface area contributed by atoms with Crippen molar-refractivity contribution < 1.29 is 9.53 Å². The molecule has 0 aliphatic carbocycles. The number of nitrogens with one attached hydrogen (secondary N) is 1. The number of unbranched alkanes of at least 4 members (excludes halogenated alkanes) is 3. The zero-order valence-electron chi connectivity index (χ0n) is 12.5. The third-order valence-electron chi connectivity index (χ3n) is 3.23. The Morgan fingerprint density at radius 3 is 2.55 bits per heavy atom. The summed E-state index contributed by atoms with van der Waals surface area (Å²) in [5.41, 5.74) is 6.30. The second-order valence-corrected chi connectivity index (χ2v) is 5.06. The first kappa shape index (κ1) is 16.5. The van der Waals surface area contributed by atoms with Gasteiger partial charge in [0.15, 0.2) is 0 Å². The Kier molecular flexibility index (Phi) is 7.73. The average molecular weight is 278 g/mol. The molecule has 0 unspecified atom stereocenters. The lowest BCUT2D eigenvalue weighted by molar-refractivity contribution is -0.119. The topological polar surface area (TPSA) is 64.3 Å². The molecule has 0 spiro atoms. The minimum absolute atomic E-state index is 0.315. The van der Waals surface area contributed by atoms with Crippen molar-refractivity contribution in [2.75, 3.05) is 6.61 Å². The number of rotatable bonds is 10. The minimum atomic E-state index is -0.336. The lowest BCUT2D eigenvalue weighted by atomic mass is 10.2. The van der Waals surface area contributed by atoms with Gasteiger partial charge >= 0.3 is 0 Å². The summed E-state index contributed by atoms with van der Waals surface area (Å²) in [4.78, 5) is 10.9. The summed E-state index contributed by atoms with van der Waals surface area (Å²) in [6.07, 6.45) is 4.84. The first-order valence-corrected chi connectivity index (χ1v) is 7.38. The molecular weight excluding hydrogens is 252 g/mol.